The third-order valence-corrected chi connectivity index (χ3v) is 1.97. The summed E-state index contributed by atoms with van der Waals surface area (Å²) in [4.78, 5) is 22.1. The van der Waals surface area contributed by atoms with Crippen molar-refractivity contribution in [3.8, 4) is 0 Å². The van der Waals surface area contributed by atoms with Crippen molar-refractivity contribution >= 4 is 11.9 Å². The van der Waals surface area contributed by atoms with Gasteiger partial charge in [0.15, 0.2) is 0 Å². The molecule has 1 atom stereocenters. The molecule has 0 N–H and O–H groups in total. The molecule has 0 heterocycles. The van der Waals surface area contributed by atoms with Gasteiger partial charge in [-0.25, -0.2) is 9.59 Å². The second kappa shape index (κ2) is 9.84. The summed E-state index contributed by atoms with van der Waals surface area (Å²) in [5, 5.41) is 0. The fraction of sp³-hybridized carbons (Fsp3) is 0.667. The molecule has 0 rings (SSSR count). The van der Waals surface area contributed by atoms with E-state index < -0.39 is 11.9 Å². The van der Waals surface area contributed by atoms with E-state index in [4.69, 9.17) is 9.47 Å². The monoisotopic (exact) mass is 244 g/mol. The van der Waals surface area contributed by atoms with Crippen LogP contribution in [0.3, 0.4) is 0 Å². The summed E-state index contributed by atoms with van der Waals surface area (Å²) >= 11 is 0. The maximum absolute atomic E-state index is 11.2. The summed E-state index contributed by atoms with van der Waals surface area (Å²) in [6.45, 7) is 4.89. The molecule has 1 unspecified atom stereocenters. The van der Waals surface area contributed by atoms with Crippen LogP contribution >= 0.6 is 0 Å². The average molecular weight is 244 g/mol. The summed E-state index contributed by atoms with van der Waals surface area (Å²) in [6.07, 6.45) is 2.96. The van der Waals surface area contributed by atoms with Crippen LogP contribution in [-0.4, -0.2) is 38.9 Å². The second-order valence-electron chi connectivity index (χ2n) is 3.60. The lowest BCUT2D eigenvalue weighted by atomic mass is 10.1. The van der Waals surface area contributed by atoms with Gasteiger partial charge in [-0.3, -0.25) is 0 Å². The molecule has 5 heteroatoms. The number of carbonyl (C=O) groups excluding carboxylic acids is 2. The topological polar surface area (TPSA) is 61.8 Å². The highest BCUT2D eigenvalue weighted by Crippen LogP contribution is 2.02. The van der Waals surface area contributed by atoms with Gasteiger partial charge in [0.2, 0.25) is 0 Å². The molecule has 0 aromatic rings. The van der Waals surface area contributed by atoms with Gasteiger partial charge in [0, 0.05) is 25.9 Å². The van der Waals surface area contributed by atoms with E-state index in [0.717, 1.165) is 18.6 Å². The van der Waals surface area contributed by atoms with Gasteiger partial charge in [0.05, 0.1) is 13.2 Å². The van der Waals surface area contributed by atoms with E-state index >= 15 is 0 Å². The SMILES string of the molecule is CCOC(=O)/C=C/C(=O)OCC(C)CCOC. The predicted octanol–water partition coefficient (Wildman–Crippen LogP) is 1.32. The smallest absolute Gasteiger partial charge is 0.331 e. The lowest BCUT2D eigenvalue weighted by molar-refractivity contribution is -0.141. The minimum absolute atomic E-state index is 0.231. The van der Waals surface area contributed by atoms with Crippen LogP contribution < -0.4 is 0 Å². The molecule has 0 aromatic carbocycles. The van der Waals surface area contributed by atoms with E-state index in [9.17, 15) is 9.59 Å². The Hall–Kier alpha value is -1.36. The zero-order chi connectivity index (χ0) is 13.1. The Morgan fingerprint density at radius 2 is 1.76 bits per heavy atom. The van der Waals surface area contributed by atoms with Gasteiger partial charge in [-0.15, -0.1) is 0 Å². The van der Waals surface area contributed by atoms with Crippen molar-refractivity contribution in [1.82, 2.24) is 0 Å². The first-order valence-corrected chi connectivity index (χ1v) is 5.60. The number of methoxy groups -OCH3 is 1. The first kappa shape index (κ1) is 15.6. The third-order valence-electron chi connectivity index (χ3n) is 1.97. The van der Waals surface area contributed by atoms with Crippen molar-refractivity contribution in [3.63, 3.8) is 0 Å². The van der Waals surface area contributed by atoms with Crippen molar-refractivity contribution in [3.05, 3.63) is 12.2 Å². The normalized spacial score (nSPS) is 12.4. The van der Waals surface area contributed by atoms with E-state index in [1.165, 1.54) is 0 Å². The van der Waals surface area contributed by atoms with E-state index in [1.807, 2.05) is 6.92 Å². The van der Waals surface area contributed by atoms with Gasteiger partial charge >= 0.3 is 11.9 Å². The Kier molecular flexibility index (Phi) is 9.05. The van der Waals surface area contributed by atoms with Gasteiger partial charge in [0.25, 0.3) is 0 Å². The van der Waals surface area contributed by atoms with E-state index in [1.54, 1.807) is 14.0 Å². The Bertz CT molecular complexity index is 260. The highest BCUT2D eigenvalue weighted by Gasteiger charge is 2.05. The Labute approximate surface area is 102 Å². The van der Waals surface area contributed by atoms with E-state index in [2.05, 4.69) is 4.74 Å². The molecule has 0 aliphatic carbocycles. The zero-order valence-electron chi connectivity index (χ0n) is 10.6. The lowest BCUT2D eigenvalue weighted by Gasteiger charge is -2.09. The Balaban J connectivity index is 3.75. The molecule has 0 aliphatic heterocycles. The third kappa shape index (κ3) is 9.56. The standard InChI is InChI=1S/C12H20O5/c1-4-16-11(13)5-6-12(14)17-9-10(2)7-8-15-3/h5-6,10H,4,7-9H2,1-3H3/b6-5+. The Morgan fingerprint density at radius 1 is 1.18 bits per heavy atom. The zero-order valence-corrected chi connectivity index (χ0v) is 10.6. The Morgan fingerprint density at radius 3 is 2.29 bits per heavy atom. The van der Waals surface area contributed by atoms with Gasteiger partial charge in [0.1, 0.15) is 0 Å². The molecule has 0 amide bonds. The van der Waals surface area contributed by atoms with Crippen LogP contribution in [-0.2, 0) is 23.8 Å². The van der Waals surface area contributed by atoms with Crippen molar-refractivity contribution in [2.75, 3.05) is 26.9 Å². The fourth-order valence-electron chi connectivity index (χ4n) is 1.00. The van der Waals surface area contributed by atoms with Crippen LogP contribution in [0.15, 0.2) is 12.2 Å². The number of hydrogen-bond donors (Lipinski definition) is 0. The predicted molar refractivity (Wildman–Crippen MR) is 62.4 cm³/mol. The van der Waals surface area contributed by atoms with Crippen LogP contribution in [0.25, 0.3) is 0 Å². The van der Waals surface area contributed by atoms with Crippen molar-refractivity contribution in [2.24, 2.45) is 5.92 Å². The molecular weight excluding hydrogens is 224 g/mol. The molecule has 0 aromatic heterocycles. The van der Waals surface area contributed by atoms with Gasteiger partial charge in [-0.2, -0.15) is 0 Å². The maximum Gasteiger partial charge on any atom is 0.331 e. The van der Waals surface area contributed by atoms with Gasteiger partial charge in [-0.1, -0.05) is 6.92 Å². The van der Waals surface area contributed by atoms with Gasteiger partial charge < -0.3 is 14.2 Å². The lowest BCUT2D eigenvalue weighted by Crippen LogP contribution is -2.12. The number of carbonyl (C=O) groups is 2. The van der Waals surface area contributed by atoms with E-state index in [0.29, 0.717) is 13.2 Å². The molecule has 0 radical (unpaired) electrons. The summed E-state index contributed by atoms with van der Waals surface area (Å²) in [5.41, 5.74) is 0. The summed E-state index contributed by atoms with van der Waals surface area (Å²) in [5.74, 6) is -0.853. The highest BCUT2D eigenvalue weighted by atomic mass is 16.5. The van der Waals surface area contributed by atoms with Crippen LogP contribution in [0.1, 0.15) is 20.3 Å². The van der Waals surface area contributed by atoms with Crippen molar-refractivity contribution in [1.29, 1.82) is 0 Å². The average Bonchev–Trinajstić information content (AvgIpc) is 2.31. The number of ether oxygens (including phenoxy) is 3. The number of rotatable bonds is 8. The summed E-state index contributed by atoms with van der Waals surface area (Å²) in [6, 6.07) is 0. The molecule has 0 fully saturated rings. The molecule has 0 aliphatic rings. The summed E-state index contributed by atoms with van der Waals surface area (Å²) in [7, 11) is 1.63. The minimum Gasteiger partial charge on any atom is -0.463 e. The fourth-order valence-corrected chi connectivity index (χ4v) is 1.00. The molecular formula is C12H20O5. The van der Waals surface area contributed by atoms with Crippen molar-refractivity contribution in [2.45, 2.75) is 20.3 Å². The largest absolute Gasteiger partial charge is 0.463 e. The molecule has 0 spiro atoms. The highest BCUT2D eigenvalue weighted by molar-refractivity contribution is 5.91. The molecule has 5 nitrogen and oxygen atoms in total. The van der Waals surface area contributed by atoms with Crippen LogP contribution in [0.4, 0.5) is 0 Å². The molecule has 0 saturated heterocycles. The minimum atomic E-state index is -0.545. The van der Waals surface area contributed by atoms with Gasteiger partial charge in [-0.05, 0) is 19.3 Å². The van der Waals surface area contributed by atoms with Crippen LogP contribution in [0.5, 0.6) is 0 Å². The molecule has 0 saturated carbocycles. The number of hydrogen-bond acceptors (Lipinski definition) is 5. The molecule has 17 heavy (non-hydrogen) atoms. The maximum atomic E-state index is 11.2. The quantitative estimate of drug-likeness (QED) is 0.476. The van der Waals surface area contributed by atoms with Crippen LogP contribution in [0, 0.1) is 5.92 Å². The van der Waals surface area contributed by atoms with Crippen molar-refractivity contribution < 1.29 is 23.8 Å². The molecule has 0 bridgehead atoms. The first-order chi connectivity index (χ1) is 8.10. The first-order valence-electron chi connectivity index (χ1n) is 5.60. The van der Waals surface area contributed by atoms with Crippen LogP contribution in [0.2, 0.25) is 0 Å². The second-order valence-corrected chi connectivity index (χ2v) is 3.60. The summed E-state index contributed by atoms with van der Waals surface area (Å²) < 4.78 is 14.5. The molecule has 98 valence electrons. The number of esters is 2. The van der Waals surface area contributed by atoms with E-state index in [-0.39, 0.29) is 12.5 Å².